The van der Waals surface area contributed by atoms with Crippen LogP contribution in [0.5, 0.6) is 0 Å². The zero-order chi connectivity index (χ0) is 23.6. The summed E-state index contributed by atoms with van der Waals surface area (Å²) >= 11 is 0. The molecule has 32 heavy (non-hydrogen) atoms. The third kappa shape index (κ3) is 6.86. The van der Waals surface area contributed by atoms with Gasteiger partial charge in [0.05, 0.1) is 17.7 Å². The maximum Gasteiger partial charge on any atom is 0.410 e. The molecular weight excluding hydrogens is 408 g/mol. The molecule has 0 saturated carbocycles. The van der Waals surface area contributed by atoms with Gasteiger partial charge in [-0.15, -0.1) is 0 Å². The molecule has 2 atom stereocenters. The van der Waals surface area contributed by atoms with E-state index in [1.54, 1.807) is 4.90 Å². The van der Waals surface area contributed by atoms with E-state index < -0.39 is 17.3 Å². The van der Waals surface area contributed by atoms with Crippen LogP contribution in [0.15, 0.2) is 30.3 Å². The number of rotatable bonds is 3. The zero-order valence-electron chi connectivity index (χ0n) is 20.3. The highest BCUT2D eigenvalue weighted by atomic mass is 16.6. The van der Waals surface area contributed by atoms with Crippen LogP contribution >= 0.6 is 0 Å². The van der Waals surface area contributed by atoms with Gasteiger partial charge in [-0.05, 0) is 66.4 Å². The fraction of sp³-hybridized carbons (Fsp3) is 0.680. The Morgan fingerprint density at radius 2 is 1.62 bits per heavy atom. The van der Waals surface area contributed by atoms with Gasteiger partial charge in [-0.3, -0.25) is 0 Å². The van der Waals surface area contributed by atoms with Gasteiger partial charge < -0.3 is 24.4 Å². The van der Waals surface area contributed by atoms with Gasteiger partial charge in [0.1, 0.15) is 11.2 Å². The average Bonchev–Trinajstić information content (AvgIpc) is 2.96. The molecule has 1 aromatic rings. The van der Waals surface area contributed by atoms with E-state index >= 15 is 0 Å². The zero-order valence-corrected chi connectivity index (χ0v) is 20.3. The van der Waals surface area contributed by atoms with E-state index in [1.807, 2.05) is 59.7 Å². The van der Waals surface area contributed by atoms with Gasteiger partial charge in [0.25, 0.3) is 0 Å². The number of hydrogen-bond acceptors (Lipinski definition) is 5. The molecule has 0 aromatic heterocycles. The highest BCUT2D eigenvalue weighted by Gasteiger charge is 2.49. The molecule has 1 N–H and O–H groups in total. The fourth-order valence-electron chi connectivity index (χ4n) is 4.36. The standard InChI is InChI=1S/C25H38N2O5/c1-23(2,3)31-21(28)26-19-17-25(30-20(19)16-18-10-8-7-9-11-18)12-14-27(15-13-25)22(29)32-24(4,5)6/h7-11,19-20H,12-17H2,1-6H3,(H,26,28)/t19?,20-/m0/s1. The molecule has 178 valence electrons. The summed E-state index contributed by atoms with van der Waals surface area (Å²) in [5.41, 5.74) is -0.275. The quantitative estimate of drug-likeness (QED) is 0.729. The summed E-state index contributed by atoms with van der Waals surface area (Å²) < 4.78 is 17.6. The van der Waals surface area contributed by atoms with Crippen LogP contribution in [0.25, 0.3) is 0 Å². The third-order valence-corrected chi connectivity index (χ3v) is 5.75. The minimum absolute atomic E-state index is 0.155. The van der Waals surface area contributed by atoms with Gasteiger partial charge in [0, 0.05) is 19.5 Å². The van der Waals surface area contributed by atoms with Crippen molar-refractivity contribution in [2.45, 2.75) is 96.2 Å². The molecule has 2 fully saturated rings. The molecule has 3 rings (SSSR count). The number of piperidine rings is 1. The summed E-state index contributed by atoms with van der Waals surface area (Å²) in [5.74, 6) is 0. The number of carbonyl (C=O) groups is 2. The number of nitrogens with one attached hydrogen (secondary N) is 1. The first-order valence-electron chi connectivity index (χ1n) is 11.5. The van der Waals surface area contributed by atoms with Crippen LogP contribution in [0.1, 0.15) is 66.4 Å². The normalized spacial score (nSPS) is 23.1. The molecular formula is C25H38N2O5. The summed E-state index contributed by atoms with van der Waals surface area (Å²) in [7, 11) is 0. The second kappa shape index (κ2) is 9.30. The highest BCUT2D eigenvalue weighted by Crippen LogP contribution is 2.40. The SMILES string of the molecule is CC(C)(C)OC(=O)NC1CC2(CCN(C(=O)OC(C)(C)C)CC2)O[C@H]1Cc1ccccc1. The Kier molecular flexibility index (Phi) is 7.08. The molecule has 1 aromatic carbocycles. The fourth-order valence-corrected chi connectivity index (χ4v) is 4.36. The minimum Gasteiger partial charge on any atom is -0.444 e. The van der Waals surface area contributed by atoms with E-state index in [0.717, 1.165) is 5.56 Å². The largest absolute Gasteiger partial charge is 0.444 e. The lowest BCUT2D eigenvalue weighted by Crippen LogP contribution is -2.48. The van der Waals surface area contributed by atoms with Crippen molar-refractivity contribution in [2.24, 2.45) is 0 Å². The number of ether oxygens (including phenoxy) is 3. The van der Waals surface area contributed by atoms with Gasteiger partial charge in [0.15, 0.2) is 0 Å². The third-order valence-electron chi connectivity index (χ3n) is 5.75. The maximum absolute atomic E-state index is 12.5. The number of amides is 2. The predicted octanol–water partition coefficient (Wildman–Crippen LogP) is 4.68. The van der Waals surface area contributed by atoms with Crippen LogP contribution in [0.3, 0.4) is 0 Å². The maximum atomic E-state index is 12.5. The van der Waals surface area contributed by atoms with E-state index in [9.17, 15) is 9.59 Å². The molecule has 2 aliphatic rings. The Balaban J connectivity index is 1.67. The van der Waals surface area contributed by atoms with Gasteiger partial charge >= 0.3 is 12.2 Å². The van der Waals surface area contributed by atoms with Crippen LogP contribution in [0, 0.1) is 0 Å². The Hall–Kier alpha value is -2.28. The summed E-state index contributed by atoms with van der Waals surface area (Å²) in [6, 6.07) is 10.0. The van der Waals surface area contributed by atoms with Crippen molar-refractivity contribution in [3.8, 4) is 0 Å². The van der Waals surface area contributed by atoms with Crippen molar-refractivity contribution in [3.63, 3.8) is 0 Å². The molecule has 0 aliphatic carbocycles. The van der Waals surface area contributed by atoms with Crippen LogP contribution in [-0.2, 0) is 20.6 Å². The van der Waals surface area contributed by atoms with Gasteiger partial charge in [-0.1, -0.05) is 30.3 Å². The van der Waals surface area contributed by atoms with Crippen LogP contribution in [-0.4, -0.2) is 59.1 Å². The molecule has 1 spiro atoms. The number of alkyl carbamates (subject to hydrolysis) is 1. The average molecular weight is 447 g/mol. The number of likely N-dealkylation sites (tertiary alicyclic amines) is 1. The van der Waals surface area contributed by atoms with Crippen LogP contribution in [0.2, 0.25) is 0 Å². The molecule has 2 heterocycles. The lowest BCUT2D eigenvalue weighted by molar-refractivity contribution is -0.0786. The Labute approximate surface area is 191 Å². The highest BCUT2D eigenvalue weighted by molar-refractivity contribution is 5.69. The molecule has 2 saturated heterocycles. The monoisotopic (exact) mass is 446 g/mol. The van der Waals surface area contributed by atoms with Crippen molar-refractivity contribution in [2.75, 3.05) is 13.1 Å². The van der Waals surface area contributed by atoms with Gasteiger partial charge in [0.2, 0.25) is 0 Å². The van der Waals surface area contributed by atoms with Crippen LogP contribution < -0.4 is 5.32 Å². The summed E-state index contributed by atoms with van der Waals surface area (Å²) in [4.78, 5) is 26.7. The van der Waals surface area contributed by atoms with Gasteiger partial charge in [-0.2, -0.15) is 0 Å². The van der Waals surface area contributed by atoms with E-state index in [4.69, 9.17) is 14.2 Å². The first-order valence-corrected chi connectivity index (χ1v) is 11.5. The number of benzene rings is 1. The molecule has 2 aliphatic heterocycles. The van der Waals surface area contributed by atoms with E-state index in [-0.39, 0.29) is 23.8 Å². The van der Waals surface area contributed by atoms with Crippen molar-refractivity contribution in [1.82, 2.24) is 10.2 Å². The molecule has 2 amide bonds. The Morgan fingerprint density at radius 3 is 2.19 bits per heavy atom. The van der Waals surface area contributed by atoms with Crippen molar-refractivity contribution in [3.05, 3.63) is 35.9 Å². The minimum atomic E-state index is -0.561. The summed E-state index contributed by atoms with van der Waals surface area (Å²) in [5, 5.41) is 3.05. The van der Waals surface area contributed by atoms with Gasteiger partial charge in [-0.25, -0.2) is 9.59 Å². The van der Waals surface area contributed by atoms with Crippen molar-refractivity contribution < 1.29 is 23.8 Å². The Bertz CT molecular complexity index is 789. The first kappa shape index (κ1) is 24.4. The predicted molar refractivity (Wildman–Crippen MR) is 123 cm³/mol. The second-order valence-electron chi connectivity index (χ2n) is 11.0. The first-order chi connectivity index (χ1) is 14.8. The lowest BCUT2D eigenvalue weighted by Gasteiger charge is -2.39. The Morgan fingerprint density at radius 1 is 1.03 bits per heavy atom. The van der Waals surface area contributed by atoms with Crippen molar-refractivity contribution >= 4 is 12.2 Å². The van der Waals surface area contributed by atoms with E-state index in [0.29, 0.717) is 38.8 Å². The molecule has 0 radical (unpaired) electrons. The molecule has 1 unspecified atom stereocenters. The van der Waals surface area contributed by atoms with Crippen molar-refractivity contribution in [1.29, 1.82) is 0 Å². The van der Waals surface area contributed by atoms with E-state index in [2.05, 4.69) is 17.4 Å². The number of carbonyl (C=O) groups excluding carboxylic acids is 2. The number of hydrogen-bond donors (Lipinski definition) is 1. The smallest absolute Gasteiger partial charge is 0.410 e. The summed E-state index contributed by atoms with van der Waals surface area (Å²) in [6.45, 7) is 12.3. The topological polar surface area (TPSA) is 77.1 Å². The second-order valence-corrected chi connectivity index (χ2v) is 11.0. The van der Waals surface area contributed by atoms with E-state index in [1.165, 1.54) is 0 Å². The molecule has 0 bridgehead atoms. The lowest BCUT2D eigenvalue weighted by atomic mass is 9.86. The van der Waals surface area contributed by atoms with Crippen LogP contribution in [0.4, 0.5) is 9.59 Å². The molecule has 7 nitrogen and oxygen atoms in total. The summed E-state index contributed by atoms with van der Waals surface area (Å²) in [6.07, 6.45) is 1.97. The number of nitrogens with zero attached hydrogens (tertiary/aromatic N) is 1. The molecule has 7 heteroatoms.